The van der Waals surface area contributed by atoms with Crippen LogP contribution in [0.4, 0.5) is 0 Å². The predicted molar refractivity (Wildman–Crippen MR) is 86.9 cm³/mol. The minimum absolute atomic E-state index is 1.24. The van der Waals surface area contributed by atoms with Crippen molar-refractivity contribution in [2.45, 2.75) is 40.5 Å². The second-order valence-electron chi connectivity index (χ2n) is 4.44. The second kappa shape index (κ2) is 13.5. The summed E-state index contributed by atoms with van der Waals surface area (Å²) in [6.07, 6.45) is 7.08. The van der Waals surface area contributed by atoms with E-state index in [0.717, 1.165) is 0 Å². The highest BCUT2D eigenvalue weighted by molar-refractivity contribution is 5.29. The van der Waals surface area contributed by atoms with Crippen molar-refractivity contribution in [2.24, 2.45) is 0 Å². The molecule has 0 fully saturated rings. The molecule has 0 amide bonds. The van der Waals surface area contributed by atoms with Crippen LogP contribution in [0.3, 0.4) is 0 Å². The summed E-state index contributed by atoms with van der Waals surface area (Å²) in [4.78, 5) is 16.0. The van der Waals surface area contributed by atoms with Crippen LogP contribution >= 0.6 is 0 Å². The van der Waals surface area contributed by atoms with Crippen molar-refractivity contribution in [1.82, 2.24) is 0 Å². The van der Waals surface area contributed by atoms with E-state index in [1.165, 1.54) is 35.1 Å². The Hall–Kier alpha value is -1.96. The van der Waals surface area contributed by atoms with Crippen LogP contribution in [-0.2, 0) is 9.59 Å². The van der Waals surface area contributed by atoms with Gasteiger partial charge in [-0.25, -0.2) is 0 Å². The van der Waals surface area contributed by atoms with Gasteiger partial charge in [-0.1, -0.05) is 47.6 Å². The number of carbonyl (C=O) groups is 2. The summed E-state index contributed by atoms with van der Waals surface area (Å²) in [6.45, 7) is 12.6. The summed E-state index contributed by atoms with van der Waals surface area (Å²) < 4.78 is 0. The van der Waals surface area contributed by atoms with Crippen LogP contribution in [0.25, 0.3) is 0 Å². The summed E-state index contributed by atoms with van der Waals surface area (Å²) in [5.41, 5.74) is 5.65. The molecule has 0 bridgehead atoms. The first-order valence-electron chi connectivity index (χ1n) is 6.55. The summed E-state index contributed by atoms with van der Waals surface area (Å²) in [6, 6.07) is 8.36. The largest absolute Gasteiger partial charge is 0.307 e. The average Bonchev–Trinajstić information content (AvgIpc) is 2.50. The van der Waals surface area contributed by atoms with Crippen LogP contribution in [0.5, 0.6) is 0 Å². The molecule has 1 aliphatic rings. The van der Waals surface area contributed by atoms with Gasteiger partial charge in [-0.15, -0.1) is 0 Å². The molecule has 0 aliphatic heterocycles. The first-order valence-corrected chi connectivity index (χ1v) is 6.55. The predicted octanol–water partition coefficient (Wildman–Crippen LogP) is 4.61. The lowest BCUT2D eigenvalue weighted by molar-refractivity contribution is -0.0987. The molecule has 0 N–H and O–H groups in total. The molecule has 2 nitrogen and oxygen atoms in total. The Morgan fingerprint density at radius 3 is 1.20 bits per heavy atom. The van der Waals surface area contributed by atoms with E-state index in [1.54, 1.807) is 0 Å². The van der Waals surface area contributed by atoms with Gasteiger partial charge in [0.2, 0.25) is 0 Å². The highest BCUT2D eigenvalue weighted by Crippen LogP contribution is 2.16. The van der Waals surface area contributed by atoms with Gasteiger partial charge in [-0.2, -0.15) is 0 Å². The van der Waals surface area contributed by atoms with Gasteiger partial charge in [0.15, 0.2) is 0 Å². The topological polar surface area (TPSA) is 34.1 Å². The summed E-state index contributed by atoms with van der Waals surface area (Å²) >= 11 is 0. The Kier molecular flexibility index (Phi) is 13.7. The number of aryl methyl sites for hydroxylation is 2. The maximum atomic E-state index is 8.00. The van der Waals surface area contributed by atoms with Gasteiger partial charge in [0.25, 0.3) is 0 Å². The number of hydrogen-bond acceptors (Lipinski definition) is 2. The lowest BCUT2D eigenvalue weighted by Crippen LogP contribution is -1.85. The zero-order valence-corrected chi connectivity index (χ0v) is 13.1. The monoisotopic (exact) mass is 274 g/mol. The highest BCUT2D eigenvalue weighted by Gasteiger charge is 1.95. The average molecular weight is 274 g/mol. The smallest absolute Gasteiger partial charge is 0.106 e. The molecular formula is C18H26O2. The van der Waals surface area contributed by atoms with Gasteiger partial charge >= 0.3 is 0 Å². The molecule has 0 aromatic heterocycles. The number of benzene rings is 1. The van der Waals surface area contributed by atoms with Crippen molar-refractivity contribution in [2.75, 3.05) is 0 Å². The van der Waals surface area contributed by atoms with Gasteiger partial charge < -0.3 is 9.59 Å². The zero-order chi connectivity index (χ0) is 16.0. The van der Waals surface area contributed by atoms with Gasteiger partial charge in [-0.3, -0.25) is 0 Å². The molecule has 0 saturated heterocycles. The molecule has 1 aromatic rings. The molecule has 2 rings (SSSR count). The number of rotatable bonds is 0. The lowest BCUT2D eigenvalue weighted by atomic mass is 10.0. The second-order valence-corrected chi connectivity index (χ2v) is 4.44. The van der Waals surface area contributed by atoms with Crippen molar-refractivity contribution in [3.63, 3.8) is 0 Å². The molecule has 20 heavy (non-hydrogen) atoms. The Labute approximate surface area is 123 Å². The third-order valence-corrected chi connectivity index (χ3v) is 3.12. The van der Waals surface area contributed by atoms with Gasteiger partial charge in [-0.05, 0) is 51.7 Å². The Bertz CT molecular complexity index is 390. The fourth-order valence-electron chi connectivity index (χ4n) is 1.58. The molecule has 0 unspecified atom stereocenters. The van der Waals surface area contributed by atoms with Gasteiger partial charge in [0, 0.05) is 0 Å². The van der Waals surface area contributed by atoms with Crippen LogP contribution in [0.15, 0.2) is 47.6 Å². The molecule has 0 spiro atoms. The molecule has 110 valence electrons. The standard InChI is InChI=1S/C8H12.C8H10.2CH2O/c2*1-7-5-3-4-6-8(7)2;2*1-2/h5-6H,3-4H2,1-2H3;3-6H,1-2H3;2*1H2. The lowest BCUT2D eigenvalue weighted by Gasteiger charge is -2.05. The normalized spacial score (nSPS) is 12.0. The fraction of sp³-hybridized carbons (Fsp3) is 0.333. The summed E-state index contributed by atoms with van der Waals surface area (Å²) in [7, 11) is 0. The number of carbonyl (C=O) groups excluding carboxylic acids is 2. The molecule has 1 aromatic carbocycles. The molecule has 0 radical (unpaired) electrons. The van der Waals surface area contributed by atoms with Crippen LogP contribution < -0.4 is 0 Å². The first kappa shape index (κ1) is 20.4. The minimum atomic E-state index is 1.24. The first-order chi connectivity index (χ1) is 9.61. The Morgan fingerprint density at radius 2 is 1.00 bits per heavy atom. The quantitative estimate of drug-likeness (QED) is 0.692. The van der Waals surface area contributed by atoms with E-state index in [-0.39, 0.29) is 0 Å². The molecule has 1 aliphatic carbocycles. The van der Waals surface area contributed by atoms with E-state index in [9.17, 15) is 0 Å². The summed E-state index contributed by atoms with van der Waals surface area (Å²) in [5.74, 6) is 0. The van der Waals surface area contributed by atoms with Gasteiger partial charge in [0.05, 0.1) is 0 Å². The van der Waals surface area contributed by atoms with E-state index in [1.807, 2.05) is 13.6 Å². The third-order valence-electron chi connectivity index (χ3n) is 3.12. The van der Waals surface area contributed by atoms with Gasteiger partial charge in [0.1, 0.15) is 13.6 Å². The van der Waals surface area contributed by atoms with Crippen molar-refractivity contribution in [3.05, 3.63) is 58.7 Å². The molecule has 2 heteroatoms. The third kappa shape index (κ3) is 9.03. The maximum absolute atomic E-state index is 8.00. The van der Waals surface area contributed by atoms with E-state index < -0.39 is 0 Å². The van der Waals surface area contributed by atoms with E-state index in [2.05, 4.69) is 64.1 Å². The maximum Gasteiger partial charge on any atom is 0.106 e. The molecule has 0 heterocycles. The van der Waals surface area contributed by atoms with Crippen molar-refractivity contribution >= 4 is 13.6 Å². The van der Waals surface area contributed by atoms with Crippen molar-refractivity contribution in [1.29, 1.82) is 0 Å². The van der Waals surface area contributed by atoms with Crippen LogP contribution in [0, 0.1) is 13.8 Å². The van der Waals surface area contributed by atoms with E-state index in [4.69, 9.17) is 9.59 Å². The Morgan fingerprint density at radius 1 is 0.700 bits per heavy atom. The van der Waals surface area contributed by atoms with E-state index >= 15 is 0 Å². The SMILES string of the molecule is C=O.C=O.CC1=CCCC=C1C.Cc1ccccc1C. The van der Waals surface area contributed by atoms with Crippen LogP contribution in [0.1, 0.15) is 37.8 Å². The van der Waals surface area contributed by atoms with E-state index in [0.29, 0.717) is 0 Å². The highest BCUT2D eigenvalue weighted by atomic mass is 16.1. The Balaban J connectivity index is 0. The zero-order valence-electron chi connectivity index (χ0n) is 13.1. The number of hydrogen-bond donors (Lipinski definition) is 0. The molecule has 0 saturated carbocycles. The van der Waals surface area contributed by atoms with Crippen molar-refractivity contribution < 1.29 is 9.59 Å². The molecular weight excluding hydrogens is 248 g/mol. The fourth-order valence-corrected chi connectivity index (χ4v) is 1.58. The van der Waals surface area contributed by atoms with Crippen molar-refractivity contribution in [3.8, 4) is 0 Å². The van der Waals surface area contributed by atoms with Crippen LogP contribution in [0.2, 0.25) is 0 Å². The summed E-state index contributed by atoms with van der Waals surface area (Å²) in [5, 5.41) is 0. The minimum Gasteiger partial charge on any atom is -0.307 e. The van der Waals surface area contributed by atoms with Crippen LogP contribution in [-0.4, -0.2) is 13.6 Å². The number of allylic oxidation sites excluding steroid dienone is 4. The molecule has 0 atom stereocenters.